The van der Waals surface area contributed by atoms with Gasteiger partial charge in [0.05, 0.1) is 11.5 Å². The van der Waals surface area contributed by atoms with Gasteiger partial charge in [0, 0.05) is 0 Å². The lowest BCUT2D eigenvalue weighted by atomic mass is 10.1. The van der Waals surface area contributed by atoms with Gasteiger partial charge < -0.3 is 18.6 Å². The third-order valence-corrected chi connectivity index (χ3v) is 5.68. The lowest BCUT2D eigenvalue weighted by Gasteiger charge is -2.16. The van der Waals surface area contributed by atoms with Gasteiger partial charge >= 0.3 is 5.63 Å². The molecule has 5 nitrogen and oxygen atoms in total. The molecular weight excluding hydrogens is 464 g/mol. The molecule has 0 aliphatic carbocycles. The Morgan fingerprint density at radius 3 is 1.92 bits per heavy atom. The molecule has 0 aliphatic heterocycles. The molecule has 2 rings (SSSR count). The number of ether oxygens (including phenoxy) is 3. The van der Waals surface area contributed by atoms with Crippen molar-refractivity contribution < 1.29 is 18.6 Å². The van der Waals surface area contributed by atoms with Crippen LogP contribution in [0.25, 0.3) is 11.0 Å². The van der Waals surface area contributed by atoms with Crippen LogP contribution in [0.4, 0.5) is 0 Å². The first kappa shape index (κ1) is 30.0. The maximum absolute atomic E-state index is 13.0. The highest BCUT2D eigenvalue weighted by atomic mass is 16.5. The van der Waals surface area contributed by atoms with Crippen LogP contribution in [0.3, 0.4) is 0 Å². The smallest absolute Gasteiger partial charge is 0.383 e. The summed E-state index contributed by atoms with van der Waals surface area (Å²) < 4.78 is 23.7. The van der Waals surface area contributed by atoms with E-state index in [0.29, 0.717) is 29.1 Å². The van der Waals surface area contributed by atoms with E-state index < -0.39 is 5.63 Å². The second kappa shape index (κ2) is 15.1. The molecule has 0 unspecified atom stereocenters. The number of allylic oxidation sites excluding steroid dienone is 6. The molecule has 202 valence electrons. The van der Waals surface area contributed by atoms with Crippen LogP contribution >= 0.6 is 0 Å². The molecule has 0 saturated heterocycles. The summed E-state index contributed by atoms with van der Waals surface area (Å²) in [7, 11) is 0. The van der Waals surface area contributed by atoms with Crippen molar-refractivity contribution in [1.29, 1.82) is 0 Å². The van der Waals surface area contributed by atoms with Gasteiger partial charge in [-0.25, -0.2) is 4.79 Å². The van der Waals surface area contributed by atoms with Crippen molar-refractivity contribution in [3.05, 3.63) is 75.2 Å². The highest BCUT2D eigenvalue weighted by Crippen LogP contribution is 2.37. The normalized spacial score (nSPS) is 12.0. The zero-order valence-electron chi connectivity index (χ0n) is 23.9. The Balaban J connectivity index is 2.26. The molecule has 0 saturated carbocycles. The van der Waals surface area contributed by atoms with Gasteiger partial charge in [-0.1, -0.05) is 40.5 Å². The molecule has 37 heavy (non-hydrogen) atoms. The van der Waals surface area contributed by atoms with Crippen LogP contribution in [-0.2, 0) is 0 Å². The van der Waals surface area contributed by atoms with E-state index in [4.69, 9.17) is 18.6 Å². The predicted octanol–water partition coefficient (Wildman–Crippen LogP) is 8.72. The van der Waals surface area contributed by atoms with E-state index in [9.17, 15) is 4.79 Å². The van der Waals surface area contributed by atoms with Gasteiger partial charge in [-0.15, -0.1) is 0 Å². The Morgan fingerprint density at radius 2 is 1.38 bits per heavy atom. The van der Waals surface area contributed by atoms with Crippen LogP contribution < -0.4 is 19.8 Å². The largest absolute Gasteiger partial charge is 0.486 e. The van der Waals surface area contributed by atoms with Crippen molar-refractivity contribution in [2.24, 2.45) is 0 Å². The summed E-state index contributed by atoms with van der Waals surface area (Å²) in [5.74, 6) is 0.968. The Bertz CT molecular complexity index is 1200. The van der Waals surface area contributed by atoms with Crippen molar-refractivity contribution in [2.75, 3.05) is 13.2 Å². The second-order valence-corrected chi connectivity index (χ2v) is 10.2. The van der Waals surface area contributed by atoms with E-state index in [-0.39, 0.29) is 18.5 Å². The van der Waals surface area contributed by atoms with E-state index in [1.54, 1.807) is 6.07 Å². The van der Waals surface area contributed by atoms with Crippen molar-refractivity contribution >= 4 is 11.0 Å². The summed E-state index contributed by atoms with van der Waals surface area (Å²) in [5, 5.41) is 0.648. The lowest BCUT2D eigenvalue weighted by Crippen LogP contribution is -2.14. The minimum absolute atomic E-state index is 0.0849. The molecule has 5 heteroatoms. The van der Waals surface area contributed by atoms with E-state index in [2.05, 4.69) is 59.8 Å². The second-order valence-electron chi connectivity index (χ2n) is 10.2. The first-order valence-corrected chi connectivity index (χ1v) is 13.2. The van der Waals surface area contributed by atoms with Crippen LogP contribution in [0.2, 0.25) is 0 Å². The average Bonchev–Trinajstić information content (AvgIpc) is 2.80. The van der Waals surface area contributed by atoms with Crippen LogP contribution in [0.1, 0.15) is 81.1 Å². The number of hydrogen-bond donors (Lipinski definition) is 0. The van der Waals surface area contributed by atoms with Crippen LogP contribution in [0.15, 0.2) is 74.0 Å². The Labute approximate surface area is 222 Å². The van der Waals surface area contributed by atoms with E-state index >= 15 is 0 Å². The summed E-state index contributed by atoms with van der Waals surface area (Å²) in [6.45, 7) is 17.1. The van der Waals surface area contributed by atoms with Crippen LogP contribution in [0.5, 0.6) is 17.2 Å². The fourth-order valence-corrected chi connectivity index (χ4v) is 3.67. The summed E-state index contributed by atoms with van der Waals surface area (Å²) in [5.41, 5.74) is 4.87. The van der Waals surface area contributed by atoms with E-state index in [1.165, 1.54) is 22.3 Å². The van der Waals surface area contributed by atoms with Gasteiger partial charge in [0.15, 0.2) is 17.1 Å². The zero-order chi connectivity index (χ0) is 27.4. The topological polar surface area (TPSA) is 57.9 Å². The van der Waals surface area contributed by atoms with Gasteiger partial charge in [0.1, 0.15) is 13.2 Å². The number of rotatable bonds is 14. The first-order chi connectivity index (χ1) is 17.6. The first-order valence-electron chi connectivity index (χ1n) is 13.2. The van der Waals surface area contributed by atoms with Crippen molar-refractivity contribution in [1.82, 2.24) is 0 Å². The molecule has 0 amide bonds. The standard InChI is InChI=1S/C32H44O5/c1-22(2)12-9-14-25(7)18-20-34-28-17-11-16-27-29(28)37-32(33)31(30(27)36-24(5)6)35-21-19-26(8)15-10-13-23(3)4/h11-13,16-19,24H,9-10,14-15,20-21H2,1-8H3/b25-18+,26-19+. The minimum Gasteiger partial charge on any atom is -0.486 e. The van der Waals surface area contributed by atoms with Gasteiger partial charge in [-0.3, -0.25) is 0 Å². The quantitative estimate of drug-likeness (QED) is 0.189. The monoisotopic (exact) mass is 508 g/mol. The van der Waals surface area contributed by atoms with E-state index in [0.717, 1.165) is 25.7 Å². The summed E-state index contributed by atoms with van der Waals surface area (Å²) in [4.78, 5) is 13.0. The van der Waals surface area contributed by atoms with Gasteiger partial charge in [-0.05, 0) is 105 Å². The molecule has 0 atom stereocenters. The van der Waals surface area contributed by atoms with E-state index in [1.807, 2.05) is 32.1 Å². The molecule has 1 aromatic heterocycles. The number of benzene rings is 1. The Kier molecular flexibility index (Phi) is 12.3. The SMILES string of the molecule is CC(C)=CCC/C(C)=C/COc1c(OC(C)C)c2cccc(OC/C=C(\C)CCC=C(C)C)c2oc1=O. The third-order valence-electron chi connectivity index (χ3n) is 5.68. The third kappa shape index (κ3) is 10.4. The highest BCUT2D eigenvalue weighted by molar-refractivity contribution is 5.89. The summed E-state index contributed by atoms with van der Waals surface area (Å²) in [6.07, 6.45) is 12.3. The number of fused-ring (bicyclic) bond motifs is 1. The molecule has 0 N–H and O–H groups in total. The molecule has 0 aliphatic rings. The molecule has 1 aromatic carbocycles. The maximum Gasteiger partial charge on any atom is 0.383 e. The van der Waals surface area contributed by atoms with Crippen molar-refractivity contribution in [3.63, 3.8) is 0 Å². The fraction of sp³-hybridized carbons (Fsp3) is 0.469. The van der Waals surface area contributed by atoms with Gasteiger partial charge in [0.25, 0.3) is 0 Å². The van der Waals surface area contributed by atoms with Crippen LogP contribution in [0, 0.1) is 0 Å². The zero-order valence-corrected chi connectivity index (χ0v) is 23.9. The fourth-order valence-electron chi connectivity index (χ4n) is 3.67. The maximum atomic E-state index is 13.0. The molecular formula is C32H44O5. The molecule has 0 bridgehead atoms. The minimum atomic E-state index is -0.580. The van der Waals surface area contributed by atoms with Gasteiger partial charge in [0.2, 0.25) is 5.75 Å². The Hall–Kier alpha value is -3.21. The Morgan fingerprint density at radius 1 is 0.811 bits per heavy atom. The van der Waals surface area contributed by atoms with Gasteiger partial charge in [-0.2, -0.15) is 0 Å². The molecule has 2 aromatic rings. The highest BCUT2D eigenvalue weighted by Gasteiger charge is 2.21. The van der Waals surface area contributed by atoms with Crippen LogP contribution in [-0.4, -0.2) is 19.3 Å². The van der Waals surface area contributed by atoms with Crippen molar-refractivity contribution in [3.8, 4) is 17.2 Å². The lowest BCUT2D eigenvalue weighted by molar-refractivity contribution is 0.224. The summed E-state index contributed by atoms with van der Waals surface area (Å²) in [6, 6.07) is 5.53. The van der Waals surface area contributed by atoms with Crippen molar-refractivity contribution in [2.45, 2.75) is 87.2 Å². The molecule has 0 fully saturated rings. The predicted molar refractivity (Wildman–Crippen MR) is 154 cm³/mol. The average molecular weight is 509 g/mol. The molecule has 1 heterocycles. The molecule has 0 radical (unpaired) electrons. The number of hydrogen-bond acceptors (Lipinski definition) is 5. The molecule has 0 spiro atoms. The summed E-state index contributed by atoms with van der Waals surface area (Å²) >= 11 is 0. The number of para-hydroxylation sites is 1.